The van der Waals surface area contributed by atoms with E-state index in [4.69, 9.17) is 0 Å². The molecule has 0 spiro atoms. The van der Waals surface area contributed by atoms with E-state index in [2.05, 4.69) is 41.2 Å². The molecule has 8 heteroatoms. The Balaban J connectivity index is 1.29. The third-order valence-electron chi connectivity index (χ3n) is 3.83. The lowest BCUT2D eigenvalue weighted by molar-refractivity contribution is 0.548. The lowest BCUT2D eigenvalue weighted by atomic mass is 10.1. The minimum Gasteiger partial charge on any atom is -0.177 e. The van der Waals surface area contributed by atoms with Gasteiger partial charge in [0.15, 0.2) is 11.6 Å². The molecule has 0 bridgehead atoms. The standard InChI is InChI=1S/C14H26N8/c1(3-5-7-9-11-13-15-19-20-16-13)2-4-6-8-10-12-14-17-21-22-18-14/h1-12H2,(H,15,16,19,20)(H,17,18,21,22). The zero-order valence-electron chi connectivity index (χ0n) is 13.2. The highest BCUT2D eigenvalue weighted by atomic mass is 15.5. The number of rotatable bonds is 13. The van der Waals surface area contributed by atoms with E-state index >= 15 is 0 Å². The van der Waals surface area contributed by atoms with Gasteiger partial charge in [-0.15, -0.1) is 20.4 Å². The normalized spacial score (nSPS) is 11.1. The van der Waals surface area contributed by atoms with Crippen molar-refractivity contribution in [1.29, 1.82) is 0 Å². The van der Waals surface area contributed by atoms with Gasteiger partial charge in [-0.3, -0.25) is 0 Å². The molecule has 0 saturated carbocycles. The number of nitrogens with zero attached hydrogens (tertiary/aromatic N) is 6. The zero-order chi connectivity index (χ0) is 15.3. The maximum absolute atomic E-state index is 3.95. The van der Waals surface area contributed by atoms with Gasteiger partial charge < -0.3 is 0 Å². The van der Waals surface area contributed by atoms with Gasteiger partial charge in [0.2, 0.25) is 0 Å². The molecule has 0 atom stereocenters. The lowest BCUT2D eigenvalue weighted by Crippen LogP contribution is -1.90. The summed E-state index contributed by atoms with van der Waals surface area (Å²) >= 11 is 0. The smallest absolute Gasteiger partial charge is 0.174 e. The molecule has 22 heavy (non-hydrogen) atoms. The van der Waals surface area contributed by atoms with Gasteiger partial charge in [0, 0.05) is 12.8 Å². The number of hydrogen-bond acceptors (Lipinski definition) is 6. The largest absolute Gasteiger partial charge is 0.177 e. The van der Waals surface area contributed by atoms with E-state index < -0.39 is 0 Å². The minimum atomic E-state index is 0.834. The Morgan fingerprint density at radius 3 is 1.18 bits per heavy atom. The van der Waals surface area contributed by atoms with E-state index in [0.717, 1.165) is 37.3 Å². The molecule has 0 amide bonds. The molecule has 0 aliphatic rings. The number of H-pyrrole nitrogens is 2. The van der Waals surface area contributed by atoms with Gasteiger partial charge in [0.25, 0.3) is 0 Å². The van der Waals surface area contributed by atoms with Gasteiger partial charge in [-0.2, -0.15) is 10.4 Å². The molecular weight excluding hydrogens is 280 g/mol. The Kier molecular flexibility index (Phi) is 8.11. The van der Waals surface area contributed by atoms with Crippen LogP contribution >= 0.6 is 0 Å². The van der Waals surface area contributed by atoms with Crippen LogP contribution in [0.2, 0.25) is 0 Å². The van der Waals surface area contributed by atoms with E-state index in [0.29, 0.717) is 0 Å². The third kappa shape index (κ3) is 7.24. The van der Waals surface area contributed by atoms with Crippen LogP contribution in [0.4, 0.5) is 0 Å². The second-order valence-electron chi connectivity index (χ2n) is 5.69. The fourth-order valence-corrected chi connectivity index (χ4v) is 2.56. The van der Waals surface area contributed by atoms with E-state index in [1.807, 2.05) is 0 Å². The van der Waals surface area contributed by atoms with Crippen molar-refractivity contribution in [3.8, 4) is 0 Å². The molecule has 0 saturated heterocycles. The summed E-state index contributed by atoms with van der Waals surface area (Å²) in [7, 11) is 0. The summed E-state index contributed by atoms with van der Waals surface area (Å²) in [6.45, 7) is 0. The van der Waals surface area contributed by atoms with Crippen LogP contribution in [0.15, 0.2) is 0 Å². The van der Waals surface area contributed by atoms with Crippen molar-refractivity contribution < 1.29 is 0 Å². The number of aromatic amines is 2. The van der Waals surface area contributed by atoms with Crippen molar-refractivity contribution in [3.05, 3.63) is 11.6 Å². The van der Waals surface area contributed by atoms with Crippen molar-refractivity contribution in [2.75, 3.05) is 0 Å². The average molecular weight is 306 g/mol. The summed E-state index contributed by atoms with van der Waals surface area (Å²) in [5.41, 5.74) is 0. The minimum absolute atomic E-state index is 0.834. The second kappa shape index (κ2) is 10.8. The predicted octanol–water partition coefficient (Wildman–Crippen LogP) is 2.40. The molecule has 0 aliphatic carbocycles. The van der Waals surface area contributed by atoms with E-state index in [-0.39, 0.29) is 0 Å². The molecule has 0 fully saturated rings. The van der Waals surface area contributed by atoms with Crippen LogP contribution < -0.4 is 0 Å². The highest BCUT2D eigenvalue weighted by molar-refractivity contribution is 4.75. The van der Waals surface area contributed by atoms with Crippen molar-refractivity contribution >= 4 is 0 Å². The highest BCUT2D eigenvalue weighted by Gasteiger charge is 1.99. The van der Waals surface area contributed by atoms with Crippen LogP contribution in [0, 0.1) is 0 Å². The fraction of sp³-hybridized carbons (Fsp3) is 0.857. The SMILES string of the molecule is C(CCCCCCc1nn[nH]n1)CCCCCc1nn[nH]n1. The van der Waals surface area contributed by atoms with Crippen LogP contribution in [0.3, 0.4) is 0 Å². The maximum atomic E-state index is 3.95. The summed E-state index contributed by atoms with van der Waals surface area (Å²) in [6, 6.07) is 0. The monoisotopic (exact) mass is 306 g/mol. The first-order valence-electron chi connectivity index (χ1n) is 8.40. The molecule has 8 nitrogen and oxygen atoms in total. The Morgan fingerprint density at radius 1 is 0.500 bits per heavy atom. The van der Waals surface area contributed by atoms with Crippen LogP contribution in [-0.4, -0.2) is 41.2 Å². The van der Waals surface area contributed by atoms with Crippen LogP contribution in [0.25, 0.3) is 0 Å². The quantitative estimate of drug-likeness (QED) is 0.550. The van der Waals surface area contributed by atoms with E-state index in [1.165, 1.54) is 51.4 Å². The molecule has 0 radical (unpaired) electrons. The van der Waals surface area contributed by atoms with Gasteiger partial charge in [-0.25, -0.2) is 0 Å². The van der Waals surface area contributed by atoms with Gasteiger partial charge in [-0.1, -0.05) is 61.8 Å². The number of aromatic nitrogens is 8. The van der Waals surface area contributed by atoms with Crippen molar-refractivity contribution in [1.82, 2.24) is 41.2 Å². The van der Waals surface area contributed by atoms with Crippen LogP contribution in [0.5, 0.6) is 0 Å². The zero-order valence-corrected chi connectivity index (χ0v) is 13.2. The van der Waals surface area contributed by atoms with Crippen molar-refractivity contribution in [2.45, 2.75) is 77.0 Å². The summed E-state index contributed by atoms with van der Waals surface area (Å²) in [5, 5.41) is 27.9. The Labute approximate surface area is 130 Å². The number of unbranched alkanes of at least 4 members (excludes halogenated alkanes) is 9. The Morgan fingerprint density at radius 2 is 0.864 bits per heavy atom. The van der Waals surface area contributed by atoms with Crippen molar-refractivity contribution in [3.63, 3.8) is 0 Å². The molecule has 0 unspecified atom stereocenters. The molecular formula is C14H26N8. The molecule has 2 N–H and O–H groups in total. The molecule has 0 aromatic carbocycles. The van der Waals surface area contributed by atoms with Gasteiger partial charge in [-0.05, 0) is 12.8 Å². The number of aryl methyl sites for hydroxylation is 2. The first kappa shape index (κ1) is 16.5. The average Bonchev–Trinajstić information content (AvgIpc) is 3.21. The van der Waals surface area contributed by atoms with E-state index in [1.54, 1.807) is 0 Å². The van der Waals surface area contributed by atoms with E-state index in [9.17, 15) is 0 Å². The number of tetrazole rings is 2. The summed E-state index contributed by atoms with van der Waals surface area (Å²) < 4.78 is 0. The maximum Gasteiger partial charge on any atom is 0.174 e. The Bertz CT molecular complexity index is 409. The second-order valence-corrected chi connectivity index (χ2v) is 5.69. The molecule has 2 heterocycles. The summed E-state index contributed by atoms with van der Waals surface area (Å²) in [4.78, 5) is 0. The van der Waals surface area contributed by atoms with Crippen molar-refractivity contribution in [2.24, 2.45) is 0 Å². The summed E-state index contributed by atoms with van der Waals surface area (Å²) in [6.07, 6.45) is 14.8. The topological polar surface area (TPSA) is 109 Å². The van der Waals surface area contributed by atoms with Crippen LogP contribution in [0.1, 0.15) is 75.9 Å². The molecule has 2 aromatic rings. The van der Waals surface area contributed by atoms with Gasteiger partial charge >= 0.3 is 0 Å². The molecule has 122 valence electrons. The van der Waals surface area contributed by atoms with Gasteiger partial charge in [0.1, 0.15) is 0 Å². The van der Waals surface area contributed by atoms with Gasteiger partial charge in [0.05, 0.1) is 0 Å². The molecule has 2 aromatic heterocycles. The Hall–Kier alpha value is -1.86. The third-order valence-corrected chi connectivity index (χ3v) is 3.83. The molecule has 2 rings (SSSR count). The highest BCUT2D eigenvalue weighted by Crippen LogP contribution is 2.12. The molecule has 0 aliphatic heterocycles. The summed E-state index contributed by atoms with van der Waals surface area (Å²) in [5.74, 6) is 1.67. The first-order valence-corrected chi connectivity index (χ1v) is 8.40. The first-order chi connectivity index (χ1) is 10.9. The number of nitrogens with one attached hydrogen (secondary N) is 2. The van der Waals surface area contributed by atoms with Crippen LogP contribution in [-0.2, 0) is 12.8 Å². The fourth-order valence-electron chi connectivity index (χ4n) is 2.56. The lowest BCUT2D eigenvalue weighted by Gasteiger charge is -2.02. The predicted molar refractivity (Wildman–Crippen MR) is 81.9 cm³/mol. The number of hydrogen-bond donors (Lipinski definition) is 2.